The molecule has 1 aromatic rings. The molecule has 0 unspecified atom stereocenters. The maximum Gasteiger partial charge on any atom is 0.270 e. The number of non-ortho nitro benzene ring substituents is 1. The number of aliphatic hydroxyl groups is 1. The summed E-state index contributed by atoms with van der Waals surface area (Å²) in [6.45, 7) is 1.74. The lowest BCUT2D eigenvalue weighted by Crippen LogP contribution is -2.30. The van der Waals surface area contributed by atoms with Gasteiger partial charge in [-0.1, -0.05) is 0 Å². The SMILES string of the molecule is O=[N+]([O-])c1ccc(N2CC[C@H](O)C2)c(S(=O)(=O)N2CCCC2)c1. The van der Waals surface area contributed by atoms with E-state index in [1.807, 2.05) is 0 Å². The number of rotatable bonds is 4. The molecule has 1 aromatic carbocycles. The van der Waals surface area contributed by atoms with E-state index in [9.17, 15) is 23.6 Å². The summed E-state index contributed by atoms with van der Waals surface area (Å²) in [4.78, 5) is 12.2. The summed E-state index contributed by atoms with van der Waals surface area (Å²) in [5.74, 6) is 0. The molecule has 8 nitrogen and oxygen atoms in total. The molecule has 0 amide bonds. The number of nitrogens with zero attached hydrogens (tertiary/aromatic N) is 3. The molecule has 2 aliphatic rings. The Labute approximate surface area is 134 Å². The maximum atomic E-state index is 12.9. The highest BCUT2D eigenvalue weighted by Crippen LogP contribution is 2.34. The first kappa shape index (κ1) is 16.2. The molecule has 1 atom stereocenters. The Morgan fingerprint density at radius 2 is 1.91 bits per heavy atom. The van der Waals surface area contributed by atoms with Crippen molar-refractivity contribution < 1.29 is 18.4 Å². The van der Waals surface area contributed by atoms with E-state index in [2.05, 4.69) is 0 Å². The molecule has 23 heavy (non-hydrogen) atoms. The first-order valence-corrected chi connectivity index (χ1v) is 9.05. The monoisotopic (exact) mass is 341 g/mol. The highest BCUT2D eigenvalue weighted by Gasteiger charge is 2.33. The molecular formula is C14H19N3O5S. The molecule has 3 rings (SSSR count). The first-order chi connectivity index (χ1) is 10.9. The van der Waals surface area contributed by atoms with Crippen LogP contribution in [0.15, 0.2) is 23.1 Å². The Kier molecular flexibility index (Phi) is 4.26. The van der Waals surface area contributed by atoms with Gasteiger partial charge in [-0.3, -0.25) is 10.1 Å². The van der Waals surface area contributed by atoms with Crippen molar-refractivity contribution in [1.82, 2.24) is 4.31 Å². The van der Waals surface area contributed by atoms with Gasteiger partial charge < -0.3 is 10.0 Å². The molecule has 2 heterocycles. The van der Waals surface area contributed by atoms with Crippen molar-refractivity contribution >= 4 is 21.4 Å². The zero-order valence-electron chi connectivity index (χ0n) is 12.6. The van der Waals surface area contributed by atoms with Gasteiger partial charge in [0.1, 0.15) is 4.90 Å². The van der Waals surface area contributed by atoms with Gasteiger partial charge in [-0.2, -0.15) is 4.31 Å². The fourth-order valence-corrected chi connectivity index (χ4v) is 4.86. The van der Waals surface area contributed by atoms with Gasteiger partial charge in [-0.25, -0.2) is 8.42 Å². The van der Waals surface area contributed by atoms with Crippen LogP contribution in [0.2, 0.25) is 0 Å². The Hall–Kier alpha value is -1.71. The van der Waals surface area contributed by atoms with E-state index in [4.69, 9.17) is 0 Å². The molecular weight excluding hydrogens is 322 g/mol. The third-order valence-corrected chi connectivity index (χ3v) is 6.27. The van der Waals surface area contributed by atoms with Gasteiger partial charge in [-0.05, 0) is 25.3 Å². The number of aliphatic hydroxyl groups excluding tert-OH is 1. The number of hydrogen-bond donors (Lipinski definition) is 1. The molecule has 1 N–H and O–H groups in total. The smallest absolute Gasteiger partial charge is 0.270 e. The van der Waals surface area contributed by atoms with Crippen LogP contribution in [0.5, 0.6) is 0 Å². The van der Waals surface area contributed by atoms with E-state index in [1.54, 1.807) is 4.90 Å². The molecule has 126 valence electrons. The summed E-state index contributed by atoms with van der Waals surface area (Å²) in [5, 5.41) is 20.7. The molecule has 2 saturated heterocycles. The summed E-state index contributed by atoms with van der Waals surface area (Å²) in [6, 6.07) is 3.91. The highest BCUT2D eigenvalue weighted by atomic mass is 32.2. The zero-order valence-corrected chi connectivity index (χ0v) is 13.4. The molecule has 0 saturated carbocycles. The van der Waals surface area contributed by atoms with Gasteiger partial charge >= 0.3 is 0 Å². The molecule has 0 aromatic heterocycles. The van der Waals surface area contributed by atoms with Gasteiger partial charge in [0.25, 0.3) is 5.69 Å². The normalized spacial score (nSPS) is 22.7. The average molecular weight is 341 g/mol. The predicted molar refractivity (Wildman–Crippen MR) is 83.9 cm³/mol. The van der Waals surface area contributed by atoms with Gasteiger partial charge in [0, 0.05) is 38.3 Å². The summed E-state index contributed by atoms with van der Waals surface area (Å²) >= 11 is 0. The van der Waals surface area contributed by atoms with Crippen LogP contribution in [0, 0.1) is 10.1 Å². The third kappa shape index (κ3) is 3.04. The largest absolute Gasteiger partial charge is 0.391 e. The third-order valence-electron chi connectivity index (χ3n) is 4.34. The van der Waals surface area contributed by atoms with Gasteiger partial charge in [0.05, 0.1) is 16.7 Å². The predicted octanol–water partition coefficient (Wildman–Crippen LogP) is 0.950. The number of benzene rings is 1. The molecule has 2 aliphatic heterocycles. The van der Waals surface area contributed by atoms with E-state index in [1.165, 1.54) is 16.4 Å². The Balaban J connectivity index is 2.07. The number of β-amino-alcohol motifs (C(OH)–C–C–N with tert-alkyl or cyclic N) is 1. The average Bonchev–Trinajstić information content (AvgIpc) is 3.18. The highest BCUT2D eigenvalue weighted by molar-refractivity contribution is 7.89. The van der Waals surface area contributed by atoms with E-state index < -0.39 is 21.1 Å². The van der Waals surface area contributed by atoms with Crippen molar-refractivity contribution in [1.29, 1.82) is 0 Å². The quantitative estimate of drug-likeness (QED) is 0.646. The fourth-order valence-electron chi connectivity index (χ4n) is 3.11. The molecule has 0 aliphatic carbocycles. The summed E-state index contributed by atoms with van der Waals surface area (Å²) in [7, 11) is -3.77. The Morgan fingerprint density at radius 1 is 1.22 bits per heavy atom. The lowest BCUT2D eigenvalue weighted by Gasteiger charge is -2.24. The zero-order chi connectivity index (χ0) is 16.6. The number of sulfonamides is 1. The van der Waals surface area contributed by atoms with E-state index >= 15 is 0 Å². The summed E-state index contributed by atoms with van der Waals surface area (Å²) < 4.78 is 27.1. The molecule has 0 spiro atoms. The van der Waals surface area contributed by atoms with Crippen LogP contribution in [-0.2, 0) is 10.0 Å². The van der Waals surface area contributed by atoms with Crippen LogP contribution in [0.4, 0.5) is 11.4 Å². The van der Waals surface area contributed by atoms with Crippen molar-refractivity contribution in [2.45, 2.75) is 30.3 Å². The van der Waals surface area contributed by atoms with E-state index in [0.29, 0.717) is 38.3 Å². The lowest BCUT2D eigenvalue weighted by molar-refractivity contribution is -0.385. The van der Waals surface area contributed by atoms with Crippen LogP contribution in [0.1, 0.15) is 19.3 Å². The minimum Gasteiger partial charge on any atom is -0.391 e. The van der Waals surface area contributed by atoms with Crippen LogP contribution in [-0.4, -0.2) is 55.0 Å². The minimum atomic E-state index is -3.77. The van der Waals surface area contributed by atoms with Crippen molar-refractivity contribution in [3.8, 4) is 0 Å². The van der Waals surface area contributed by atoms with E-state index in [0.717, 1.165) is 18.9 Å². The fraction of sp³-hybridized carbons (Fsp3) is 0.571. The van der Waals surface area contributed by atoms with E-state index in [-0.39, 0.29) is 10.6 Å². The number of nitro benzene ring substituents is 1. The van der Waals surface area contributed by atoms with Crippen molar-refractivity contribution in [3.63, 3.8) is 0 Å². The van der Waals surface area contributed by atoms with Crippen LogP contribution < -0.4 is 4.90 Å². The van der Waals surface area contributed by atoms with Crippen LogP contribution in [0.25, 0.3) is 0 Å². The molecule has 0 radical (unpaired) electrons. The summed E-state index contributed by atoms with van der Waals surface area (Å²) in [5.41, 5.74) is 0.185. The van der Waals surface area contributed by atoms with Crippen LogP contribution >= 0.6 is 0 Å². The first-order valence-electron chi connectivity index (χ1n) is 7.61. The Bertz CT molecular complexity index is 715. The molecule has 0 bridgehead atoms. The summed E-state index contributed by atoms with van der Waals surface area (Å²) in [6.07, 6.45) is 1.64. The Morgan fingerprint density at radius 3 is 2.48 bits per heavy atom. The van der Waals surface area contributed by atoms with Gasteiger partial charge in [0.15, 0.2) is 0 Å². The molecule has 9 heteroatoms. The standard InChI is InChI=1S/C14H19N3O5S/c18-12-5-8-15(10-12)13-4-3-11(17(19)20)9-14(13)23(21,22)16-6-1-2-7-16/h3-4,9,12,18H,1-2,5-8,10H2/t12-/m0/s1. The maximum absolute atomic E-state index is 12.9. The van der Waals surface area contributed by atoms with Crippen LogP contribution in [0.3, 0.4) is 0 Å². The lowest BCUT2D eigenvalue weighted by atomic mass is 10.2. The van der Waals surface area contributed by atoms with Gasteiger partial charge in [0.2, 0.25) is 10.0 Å². The second kappa shape index (κ2) is 6.06. The number of nitro groups is 1. The van der Waals surface area contributed by atoms with Crippen molar-refractivity contribution in [3.05, 3.63) is 28.3 Å². The second-order valence-electron chi connectivity index (χ2n) is 5.91. The van der Waals surface area contributed by atoms with Gasteiger partial charge in [-0.15, -0.1) is 0 Å². The number of hydrogen-bond acceptors (Lipinski definition) is 6. The van der Waals surface area contributed by atoms with Crippen molar-refractivity contribution in [2.75, 3.05) is 31.1 Å². The minimum absolute atomic E-state index is 0.0392. The van der Waals surface area contributed by atoms with Crippen molar-refractivity contribution in [2.24, 2.45) is 0 Å². The topological polar surface area (TPSA) is 104 Å². The second-order valence-corrected chi connectivity index (χ2v) is 7.82. The number of anilines is 1. The molecule has 2 fully saturated rings.